The van der Waals surface area contributed by atoms with Gasteiger partial charge in [-0.25, -0.2) is 9.78 Å². The molecule has 0 fully saturated rings. The van der Waals surface area contributed by atoms with E-state index in [0.717, 1.165) is 22.9 Å². The zero-order valence-electron chi connectivity index (χ0n) is 10.4. The van der Waals surface area contributed by atoms with E-state index in [1.165, 1.54) is 6.07 Å². The summed E-state index contributed by atoms with van der Waals surface area (Å²) < 4.78 is 1.95. The molecule has 0 aliphatic heterocycles. The lowest BCUT2D eigenvalue weighted by Gasteiger charge is -2.09. The molecule has 0 radical (unpaired) electrons. The molecule has 18 heavy (non-hydrogen) atoms. The van der Waals surface area contributed by atoms with Crippen molar-refractivity contribution in [2.45, 2.75) is 20.8 Å². The van der Waals surface area contributed by atoms with Gasteiger partial charge in [-0.15, -0.1) is 0 Å². The van der Waals surface area contributed by atoms with Crippen LogP contribution in [0, 0.1) is 20.8 Å². The van der Waals surface area contributed by atoms with Crippen molar-refractivity contribution in [2.24, 2.45) is 0 Å². The lowest BCUT2D eigenvalue weighted by atomic mass is 10.2. The first-order valence-electron chi connectivity index (χ1n) is 5.47. The first-order valence-corrected chi connectivity index (χ1v) is 5.85. The van der Waals surface area contributed by atoms with Crippen molar-refractivity contribution < 1.29 is 9.90 Å². The van der Waals surface area contributed by atoms with Crippen LogP contribution >= 0.6 is 11.6 Å². The fourth-order valence-corrected chi connectivity index (χ4v) is 2.23. The minimum atomic E-state index is -1.03. The second-order valence-corrected chi connectivity index (χ2v) is 4.54. The van der Waals surface area contributed by atoms with Crippen LogP contribution in [0.5, 0.6) is 0 Å². The Kier molecular flexibility index (Phi) is 3.13. The fourth-order valence-electron chi connectivity index (χ4n) is 1.98. The summed E-state index contributed by atoms with van der Waals surface area (Å²) in [5.41, 5.74) is 2.89. The van der Waals surface area contributed by atoms with Crippen molar-refractivity contribution in [3.63, 3.8) is 0 Å². The molecule has 0 unspecified atom stereocenters. The number of carboxylic acid groups (broad SMARTS) is 1. The molecule has 0 aliphatic rings. The molecule has 2 rings (SSSR count). The number of nitrogens with zero attached hydrogens (tertiary/aromatic N) is 2. The average molecular weight is 265 g/mol. The van der Waals surface area contributed by atoms with Gasteiger partial charge < -0.3 is 9.67 Å². The number of carboxylic acids is 1. The lowest BCUT2D eigenvalue weighted by Crippen LogP contribution is -2.02. The molecule has 0 bridgehead atoms. The van der Waals surface area contributed by atoms with Gasteiger partial charge >= 0.3 is 5.97 Å². The summed E-state index contributed by atoms with van der Waals surface area (Å²) in [5, 5.41) is 9.16. The van der Waals surface area contributed by atoms with Crippen LogP contribution in [-0.2, 0) is 0 Å². The molecule has 0 saturated heterocycles. The van der Waals surface area contributed by atoms with Gasteiger partial charge in [0.2, 0.25) is 0 Å². The summed E-state index contributed by atoms with van der Waals surface area (Å²) >= 11 is 5.97. The smallest absolute Gasteiger partial charge is 0.337 e. The number of benzene rings is 1. The Balaban J connectivity index is 2.59. The third-order valence-electron chi connectivity index (χ3n) is 2.95. The van der Waals surface area contributed by atoms with E-state index in [1.54, 1.807) is 12.1 Å². The summed E-state index contributed by atoms with van der Waals surface area (Å²) in [4.78, 5) is 15.3. The highest BCUT2D eigenvalue weighted by Gasteiger charge is 2.13. The van der Waals surface area contributed by atoms with Gasteiger partial charge in [0.15, 0.2) is 0 Å². The Morgan fingerprint density at radius 3 is 2.44 bits per heavy atom. The Morgan fingerprint density at radius 2 is 2.00 bits per heavy atom. The van der Waals surface area contributed by atoms with Crippen molar-refractivity contribution in [3.05, 3.63) is 46.0 Å². The monoisotopic (exact) mass is 264 g/mol. The number of aromatic nitrogens is 2. The first kappa shape index (κ1) is 12.6. The molecular formula is C13H13ClN2O2. The van der Waals surface area contributed by atoms with Gasteiger partial charge in [-0.1, -0.05) is 11.6 Å². The zero-order valence-corrected chi connectivity index (χ0v) is 11.1. The van der Waals surface area contributed by atoms with Crippen LogP contribution in [0.15, 0.2) is 18.2 Å². The maximum Gasteiger partial charge on any atom is 0.337 e. The highest BCUT2D eigenvalue weighted by atomic mass is 35.5. The van der Waals surface area contributed by atoms with Crippen LogP contribution < -0.4 is 0 Å². The third-order valence-corrected chi connectivity index (χ3v) is 3.27. The van der Waals surface area contributed by atoms with Crippen LogP contribution in [0.3, 0.4) is 0 Å². The van der Waals surface area contributed by atoms with Crippen molar-refractivity contribution in [1.29, 1.82) is 0 Å². The number of rotatable bonds is 2. The van der Waals surface area contributed by atoms with Crippen molar-refractivity contribution in [1.82, 2.24) is 9.55 Å². The van der Waals surface area contributed by atoms with Gasteiger partial charge in [0.05, 0.1) is 16.3 Å². The Bertz CT molecular complexity index is 632. The lowest BCUT2D eigenvalue weighted by molar-refractivity contribution is 0.0697. The number of aromatic carboxylic acids is 1. The second-order valence-electron chi connectivity index (χ2n) is 4.13. The average Bonchev–Trinajstić information content (AvgIpc) is 2.52. The standard InChI is InChI=1S/C13H13ClN2O2/c1-7-8(2)16(9(3)15-7)10-4-5-11(13(17)18)12(14)6-10/h4-6H,1-3H3,(H,17,18). The molecule has 1 heterocycles. The maximum atomic E-state index is 10.9. The summed E-state index contributed by atoms with van der Waals surface area (Å²) in [6, 6.07) is 4.89. The van der Waals surface area contributed by atoms with E-state index in [1.807, 2.05) is 25.3 Å². The van der Waals surface area contributed by atoms with Crippen LogP contribution in [0.1, 0.15) is 27.6 Å². The van der Waals surface area contributed by atoms with Crippen LogP contribution in [0.4, 0.5) is 0 Å². The largest absolute Gasteiger partial charge is 0.478 e. The van der Waals surface area contributed by atoms with Crippen molar-refractivity contribution in [3.8, 4) is 5.69 Å². The predicted octanol–water partition coefficient (Wildman–Crippen LogP) is 3.15. The highest BCUT2D eigenvalue weighted by molar-refractivity contribution is 6.33. The molecule has 1 aromatic heterocycles. The van der Waals surface area contributed by atoms with E-state index < -0.39 is 5.97 Å². The molecule has 0 aliphatic carbocycles. The third kappa shape index (κ3) is 1.99. The molecular weight excluding hydrogens is 252 g/mol. The summed E-state index contributed by atoms with van der Waals surface area (Å²) in [7, 11) is 0. The number of imidazole rings is 1. The van der Waals surface area contributed by atoms with E-state index in [4.69, 9.17) is 16.7 Å². The Labute approximate surface area is 110 Å². The number of hydrogen-bond donors (Lipinski definition) is 1. The normalized spacial score (nSPS) is 10.7. The van der Waals surface area contributed by atoms with Crippen molar-refractivity contribution >= 4 is 17.6 Å². The molecule has 0 spiro atoms. The molecule has 4 nitrogen and oxygen atoms in total. The molecule has 0 saturated carbocycles. The molecule has 1 aromatic carbocycles. The molecule has 0 amide bonds. The number of carbonyl (C=O) groups is 1. The molecule has 94 valence electrons. The van der Waals surface area contributed by atoms with Gasteiger partial charge in [0, 0.05) is 11.4 Å². The van der Waals surface area contributed by atoms with E-state index in [-0.39, 0.29) is 10.6 Å². The first-order chi connectivity index (χ1) is 8.41. The summed E-state index contributed by atoms with van der Waals surface area (Å²) in [6.07, 6.45) is 0. The second kappa shape index (κ2) is 4.46. The van der Waals surface area contributed by atoms with Crippen LogP contribution in [0.2, 0.25) is 5.02 Å². The zero-order chi connectivity index (χ0) is 13.4. The van der Waals surface area contributed by atoms with Gasteiger partial charge in [0.25, 0.3) is 0 Å². The van der Waals surface area contributed by atoms with Gasteiger partial charge in [-0.2, -0.15) is 0 Å². The number of aryl methyl sites for hydroxylation is 2. The maximum absolute atomic E-state index is 10.9. The minimum Gasteiger partial charge on any atom is -0.478 e. The Morgan fingerprint density at radius 1 is 1.33 bits per heavy atom. The molecule has 1 N–H and O–H groups in total. The van der Waals surface area contributed by atoms with Gasteiger partial charge in [0.1, 0.15) is 5.82 Å². The molecule has 2 aromatic rings. The van der Waals surface area contributed by atoms with Gasteiger partial charge in [-0.05, 0) is 39.0 Å². The van der Waals surface area contributed by atoms with E-state index in [2.05, 4.69) is 4.98 Å². The summed E-state index contributed by atoms with van der Waals surface area (Å²) in [6.45, 7) is 5.80. The predicted molar refractivity (Wildman–Crippen MR) is 69.7 cm³/mol. The topological polar surface area (TPSA) is 55.1 Å². The van der Waals surface area contributed by atoms with E-state index >= 15 is 0 Å². The number of hydrogen-bond acceptors (Lipinski definition) is 2. The minimum absolute atomic E-state index is 0.104. The van der Waals surface area contributed by atoms with Crippen molar-refractivity contribution in [2.75, 3.05) is 0 Å². The van der Waals surface area contributed by atoms with E-state index in [9.17, 15) is 4.79 Å². The van der Waals surface area contributed by atoms with Crippen LogP contribution in [-0.4, -0.2) is 20.6 Å². The quantitative estimate of drug-likeness (QED) is 0.907. The van der Waals surface area contributed by atoms with Crippen LogP contribution in [0.25, 0.3) is 5.69 Å². The highest BCUT2D eigenvalue weighted by Crippen LogP contribution is 2.23. The SMILES string of the molecule is Cc1nc(C)n(-c2ccc(C(=O)O)c(Cl)c2)c1C. The summed E-state index contributed by atoms with van der Waals surface area (Å²) in [5.74, 6) is -0.175. The number of halogens is 1. The van der Waals surface area contributed by atoms with E-state index in [0.29, 0.717) is 0 Å². The Hall–Kier alpha value is -1.81. The van der Waals surface area contributed by atoms with Gasteiger partial charge in [-0.3, -0.25) is 0 Å². The molecule has 5 heteroatoms. The molecule has 0 atom stereocenters. The fraction of sp³-hybridized carbons (Fsp3) is 0.231.